The predicted molar refractivity (Wildman–Crippen MR) is 119 cm³/mol. The minimum Gasteiger partial charge on any atom is -0.457 e. The van der Waals surface area contributed by atoms with Gasteiger partial charge in [-0.3, -0.25) is 0 Å². The fraction of sp³-hybridized carbons (Fsp3) is 0.0741. The molecule has 4 nitrogen and oxygen atoms in total. The number of amides is 1. The molecule has 1 fully saturated rings. The zero-order valence-electron chi connectivity index (χ0n) is 17.0. The first-order valence-electron chi connectivity index (χ1n) is 10.2. The highest BCUT2D eigenvalue weighted by Crippen LogP contribution is 2.55. The van der Waals surface area contributed by atoms with Crippen molar-refractivity contribution in [3.63, 3.8) is 0 Å². The molecule has 0 aliphatic carbocycles. The molecule has 0 unspecified atom stereocenters. The summed E-state index contributed by atoms with van der Waals surface area (Å²) in [5, 5.41) is 0. The molecule has 4 heteroatoms. The summed E-state index contributed by atoms with van der Waals surface area (Å²) in [6.45, 7) is 2.11. The number of rotatable bonds is 2. The average molecular weight is 407 g/mol. The van der Waals surface area contributed by atoms with E-state index in [9.17, 15) is 4.79 Å². The Morgan fingerprint density at radius 3 is 1.77 bits per heavy atom. The molecule has 0 saturated carbocycles. The van der Waals surface area contributed by atoms with Crippen molar-refractivity contribution >= 4 is 6.09 Å². The Kier molecular flexibility index (Phi) is 4.68. The molecule has 4 aromatic rings. The van der Waals surface area contributed by atoms with E-state index in [1.54, 1.807) is 0 Å². The first-order chi connectivity index (χ1) is 15.2. The fourth-order valence-corrected chi connectivity index (χ4v) is 4.34. The van der Waals surface area contributed by atoms with Crippen LogP contribution in [0.2, 0.25) is 0 Å². The van der Waals surface area contributed by atoms with Gasteiger partial charge in [0.25, 0.3) is 0 Å². The lowest BCUT2D eigenvalue weighted by Gasteiger charge is -2.41. The summed E-state index contributed by atoms with van der Waals surface area (Å²) in [6.07, 6.45) is -0.333. The Balaban J connectivity index is 0.000000461. The van der Waals surface area contributed by atoms with Gasteiger partial charge in [0.1, 0.15) is 11.5 Å². The molecule has 1 N–H and O–H groups in total. The molecular formula is C27H21NO3. The van der Waals surface area contributed by atoms with E-state index in [0.717, 1.165) is 11.5 Å². The Bertz CT molecular complexity index is 1190. The monoisotopic (exact) mass is 407 g/mol. The van der Waals surface area contributed by atoms with Gasteiger partial charge in [-0.1, -0.05) is 91.0 Å². The van der Waals surface area contributed by atoms with E-state index in [0.29, 0.717) is 0 Å². The van der Waals surface area contributed by atoms with Crippen molar-refractivity contribution in [1.29, 1.82) is 0 Å². The molecule has 0 radical (unpaired) electrons. The van der Waals surface area contributed by atoms with Crippen LogP contribution in [-0.4, -0.2) is 6.09 Å². The summed E-state index contributed by atoms with van der Waals surface area (Å²) in [6, 6.07) is 36.4. The van der Waals surface area contributed by atoms with Crippen molar-refractivity contribution in [3.8, 4) is 11.5 Å². The number of aryl methyl sites for hydroxylation is 1. The van der Waals surface area contributed by atoms with Crippen molar-refractivity contribution < 1.29 is 14.4 Å². The lowest BCUT2D eigenvalue weighted by molar-refractivity contribution is 0.247. The number of para-hydroxylation sites is 1. The molecule has 152 valence electrons. The van der Waals surface area contributed by atoms with Crippen molar-refractivity contribution in [1.82, 2.24) is 5.48 Å². The maximum absolute atomic E-state index is 9.22. The Morgan fingerprint density at radius 1 is 0.677 bits per heavy atom. The van der Waals surface area contributed by atoms with E-state index in [4.69, 9.17) is 4.74 Å². The fourth-order valence-electron chi connectivity index (χ4n) is 4.34. The van der Waals surface area contributed by atoms with E-state index in [-0.39, 0.29) is 6.09 Å². The highest BCUT2D eigenvalue weighted by atomic mass is 16.8. The number of carbonyl (C=O) groups is 1. The third-order valence-electron chi connectivity index (χ3n) is 5.65. The molecule has 0 spiro atoms. The van der Waals surface area contributed by atoms with Crippen molar-refractivity contribution in [2.45, 2.75) is 12.3 Å². The van der Waals surface area contributed by atoms with Crippen LogP contribution in [0.4, 0.5) is 4.79 Å². The van der Waals surface area contributed by atoms with Crippen LogP contribution in [0, 0.1) is 6.92 Å². The van der Waals surface area contributed by atoms with E-state index >= 15 is 0 Å². The van der Waals surface area contributed by atoms with Crippen LogP contribution in [0.15, 0.2) is 103 Å². The number of ether oxygens (including phenoxy) is 1. The van der Waals surface area contributed by atoms with E-state index in [2.05, 4.69) is 109 Å². The first kappa shape index (κ1) is 18.9. The second kappa shape index (κ2) is 7.65. The number of nitrogens with one attached hydrogen (secondary N) is 1. The second-order valence-electron chi connectivity index (χ2n) is 7.57. The molecule has 0 aromatic heterocycles. The van der Waals surface area contributed by atoms with E-state index < -0.39 is 5.41 Å². The molecule has 31 heavy (non-hydrogen) atoms. The summed E-state index contributed by atoms with van der Waals surface area (Å²) < 4.78 is 6.36. The number of fused-ring (bicyclic) bond motifs is 2. The van der Waals surface area contributed by atoms with Crippen LogP contribution >= 0.6 is 0 Å². The second-order valence-corrected chi connectivity index (χ2v) is 7.57. The first-order valence-corrected chi connectivity index (χ1v) is 10.2. The average Bonchev–Trinajstić information content (AvgIpc) is 3.61. The molecule has 1 saturated heterocycles. The van der Waals surface area contributed by atoms with Gasteiger partial charge in [-0.05, 0) is 35.7 Å². The van der Waals surface area contributed by atoms with Crippen molar-refractivity contribution in [2.75, 3.05) is 0 Å². The van der Waals surface area contributed by atoms with Crippen molar-refractivity contribution in [2.24, 2.45) is 0 Å². The summed E-state index contributed by atoms with van der Waals surface area (Å²) in [5.41, 5.74) is 7.61. The van der Waals surface area contributed by atoms with Gasteiger partial charge in [-0.15, -0.1) is 5.48 Å². The van der Waals surface area contributed by atoms with Gasteiger partial charge >= 0.3 is 6.09 Å². The van der Waals surface area contributed by atoms with Gasteiger partial charge in [-0.25, -0.2) is 4.79 Å². The molecule has 2 aliphatic rings. The number of benzene rings is 4. The van der Waals surface area contributed by atoms with Gasteiger partial charge in [0.2, 0.25) is 0 Å². The van der Waals surface area contributed by atoms with Crippen LogP contribution in [0.3, 0.4) is 0 Å². The summed E-state index contributed by atoms with van der Waals surface area (Å²) in [4.78, 5) is 13.0. The smallest absolute Gasteiger partial charge is 0.457 e. The summed E-state index contributed by atoms with van der Waals surface area (Å²) >= 11 is 0. The quantitative estimate of drug-likeness (QED) is 0.358. The molecular weight excluding hydrogens is 386 g/mol. The standard InChI is InChI=1S/C26H20O.CHNO2/c1-19-16-17-23-25(18-19)27-24-15-9-8-14-22(24)26(23,20-10-4-2-5-11-20)21-12-6-3-7-13-21;3-1-2-4-1/h2-18H,1H3;(H,2,3). The Hall–Kier alpha value is -4.05. The lowest BCUT2D eigenvalue weighted by Crippen LogP contribution is -2.34. The molecule has 4 aromatic carbocycles. The van der Waals surface area contributed by atoms with Crippen molar-refractivity contribution in [3.05, 3.63) is 131 Å². The number of hydroxylamine groups is 1. The Morgan fingerprint density at radius 2 is 1.19 bits per heavy atom. The van der Waals surface area contributed by atoms with Crippen LogP contribution in [0.25, 0.3) is 0 Å². The zero-order valence-corrected chi connectivity index (χ0v) is 17.0. The highest BCUT2D eigenvalue weighted by molar-refractivity contribution is 5.75. The predicted octanol–water partition coefficient (Wildman–Crippen LogP) is 6.12. The largest absolute Gasteiger partial charge is 0.465 e. The molecule has 2 heterocycles. The van der Waals surface area contributed by atoms with Gasteiger partial charge in [0.15, 0.2) is 0 Å². The maximum Gasteiger partial charge on any atom is 0.465 e. The third-order valence-corrected chi connectivity index (χ3v) is 5.65. The lowest BCUT2D eigenvalue weighted by atomic mass is 9.63. The summed E-state index contributed by atoms with van der Waals surface area (Å²) in [5.74, 6) is 1.85. The van der Waals surface area contributed by atoms with Crippen LogP contribution in [0.1, 0.15) is 27.8 Å². The van der Waals surface area contributed by atoms with E-state index in [1.165, 1.54) is 27.8 Å². The van der Waals surface area contributed by atoms with E-state index in [1.807, 2.05) is 11.5 Å². The van der Waals surface area contributed by atoms with Gasteiger partial charge in [0, 0.05) is 11.1 Å². The van der Waals surface area contributed by atoms with Crippen LogP contribution in [-0.2, 0) is 10.3 Å². The van der Waals surface area contributed by atoms with Gasteiger partial charge < -0.3 is 9.57 Å². The minimum absolute atomic E-state index is 0.333. The minimum atomic E-state index is -0.402. The third kappa shape index (κ3) is 3.32. The number of hydrogen-bond acceptors (Lipinski definition) is 3. The van der Waals surface area contributed by atoms with Crippen LogP contribution < -0.4 is 10.2 Å². The van der Waals surface area contributed by atoms with Crippen LogP contribution in [0.5, 0.6) is 11.5 Å². The molecule has 6 rings (SSSR count). The molecule has 1 amide bonds. The SMILES string of the molecule is Cc1ccc2c(c1)Oc1ccccc1C2(c1ccccc1)c1ccccc1.O=C1NO1. The summed E-state index contributed by atoms with van der Waals surface area (Å²) in [7, 11) is 0. The highest BCUT2D eigenvalue weighted by Gasteiger charge is 2.44. The Labute approximate surface area is 181 Å². The number of hydrogen-bond donors (Lipinski definition) is 1. The topological polar surface area (TPSA) is 60.8 Å². The maximum atomic E-state index is 9.22. The van der Waals surface area contributed by atoms with Gasteiger partial charge in [-0.2, -0.15) is 0 Å². The van der Waals surface area contributed by atoms with Gasteiger partial charge in [0.05, 0.1) is 5.41 Å². The normalized spacial score (nSPS) is 14.4. The molecule has 2 aliphatic heterocycles. The molecule has 0 atom stereocenters. The molecule has 0 bridgehead atoms. The zero-order chi connectivity index (χ0) is 21.3. The number of carbonyl (C=O) groups excluding carboxylic acids is 1.